The Morgan fingerprint density at radius 2 is 2.00 bits per heavy atom. The molecule has 0 amide bonds. The fourth-order valence-corrected chi connectivity index (χ4v) is 3.13. The molecule has 4 heteroatoms. The zero-order chi connectivity index (χ0) is 14.5. The summed E-state index contributed by atoms with van der Waals surface area (Å²) in [6.45, 7) is 6.04. The molecule has 1 aromatic carbocycles. The monoisotopic (exact) mass is 287 g/mol. The van der Waals surface area contributed by atoms with Crippen LogP contribution < -0.4 is 10.2 Å². The average Bonchev–Trinajstić information content (AvgIpc) is 2.83. The average molecular weight is 287 g/mol. The van der Waals surface area contributed by atoms with Crippen molar-refractivity contribution in [2.24, 2.45) is 5.73 Å². The van der Waals surface area contributed by atoms with Gasteiger partial charge in [-0.3, -0.25) is 0 Å². The number of rotatable bonds is 5. The Morgan fingerprint density at radius 3 is 2.65 bits per heavy atom. The van der Waals surface area contributed by atoms with Crippen molar-refractivity contribution in [1.29, 1.82) is 0 Å². The third kappa shape index (κ3) is 3.85. The number of nitrogens with two attached hydrogens (primary N) is 1. The number of aryl methyl sites for hydroxylation is 1. The second kappa shape index (κ2) is 6.59. The van der Waals surface area contributed by atoms with Gasteiger partial charge in [0.05, 0.1) is 0 Å². The van der Waals surface area contributed by atoms with Gasteiger partial charge in [0, 0.05) is 11.6 Å². The van der Waals surface area contributed by atoms with Crippen LogP contribution in [-0.4, -0.2) is 9.04 Å². The van der Waals surface area contributed by atoms with E-state index in [0.717, 1.165) is 22.8 Å². The summed E-state index contributed by atoms with van der Waals surface area (Å²) in [6.07, 6.45) is 1.98. The predicted molar refractivity (Wildman–Crippen MR) is 85.2 cm³/mol. The third-order valence-corrected chi connectivity index (χ3v) is 4.38. The first-order valence-electron chi connectivity index (χ1n) is 6.82. The second-order valence-electron chi connectivity index (χ2n) is 4.96. The molecule has 2 aromatic rings. The SMILES string of the molecule is Cc1ccc(/C=C/[SiH](C)Oc2ccccc2C(C)N)o1. The van der Waals surface area contributed by atoms with Gasteiger partial charge < -0.3 is 14.6 Å². The topological polar surface area (TPSA) is 48.4 Å². The van der Waals surface area contributed by atoms with Crippen molar-refractivity contribution in [2.75, 3.05) is 0 Å². The molecule has 106 valence electrons. The smallest absolute Gasteiger partial charge is 0.257 e. The van der Waals surface area contributed by atoms with Crippen LogP contribution >= 0.6 is 0 Å². The van der Waals surface area contributed by atoms with E-state index >= 15 is 0 Å². The zero-order valence-corrected chi connectivity index (χ0v) is 13.3. The van der Waals surface area contributed by atoms with E-state index < -0.39 is 9.04 Å². The van der Waals surface area contributed by atoms with Gasteiger partial charge in [0.25, 0.3) is 9.04 Å². The zero-order valence-electron chi connectivity index (χ0n) is 12.2. The first-order valence-corrected chi connectivity index (χ1v) is 9.11. The number of hydrogen-bond acceptors (Lipinski definition) is 3. The van der Waals surface area contributed by atoms with Crippen molar-refractivity contribution in [1.82, 2.24) is 0 Å². The minimum absolute atomic E-state index is 0.0240. The van der Waals surface area contributed by atoms with Crippen molar-refractivity contribution >= 4 is 15.1 Å². The summed E-state index contributed by atoms with van der Waals surface area (Å²) in [4.78, 5) is 0. The lowest BCUT2D eigenvalue weighted by molar-refractivity contribution is 0.524. The standard InChI is InChI=1S/C16H21NO2Si/c1-12-8-9-14(18-12)10-11-20(3)19-16-7-5-4-6-15(16)13(2)17/h4-11,13,20H,17H2,1-3H3/b11-10+. The number of furan rings is 1. The van der Waals surface area contributed by atoms with Gasteiger partial charge in [-0.1, -0.05) is 23.9 Å². The van der Waals surface area contributed by atoms with Crippen LogP contribution in [0.1, 0.15) is 30.0 Å². The van der Waals surface area contributed by atoms with E-state index in [1.165, 1.54) is 0 Å². The summed E-state index contributed by atoms with van der Waals surface area (Å²) in [6, 6.07) is 11.8. The number of benzene rings is 1. The quantitative estimate of drug-likeness (QED) is 0.855. The third-order valence-electron chi connectivity index (χ3n) is 3.02. The number of para-hydroxylation sites is 1. The van der Waals surface area contributed by atoms with Crippen LogP contribution in [0.3, 0.4) is 0 Å². The van der Waals surface area contributed by atoms with Gasteiger partial charge in [-0.25, -0.2) is 0 Å². The fraction of sp³-hybridized carbons (Fsp3) is 0.250. The molecule has 0 fully saturated rings. The molecule has 1 aromatic heterocycles. The summed E-state index contributed by atoms with van der Waals surface area (Å²) >= 11 is 0. The van der Waals surface area contributed by atoms with Gasteiger partial charge in [0.15, 0.2) is 0 Å². The van der Waals surface area contributed by atoms with Gasteiger partial charge in [0.1, 0.15) is 17.3 Å². The highest BCUT2D eigenvalue weighted by molar-refractivity contribution is 6.57. The Hall–Kier alpha value is -1.78. The van der Waals surface area contributed by atoms with Crippen LogP contribution in [-0.2, 0) is 0 Å². The molecule has 2 atom stereocenters. The van der Waals surface area contributed by atoms with E-state index in [1.54, 1.807) is 0 Å². The molecular formula is C16H21NO2Si. The molecule has 0 aliphatic rings. The highest BCUT2D eigenvalue weighted by atomic mass is 28.3. The maximum absolute atomic E-state index is 6.07. The molecule has 1 heterocycles. The molecule has 0 saturated carbocycles. The molecule has 20 heavy (non-hydrogen) atoms. The van der Waals surface area contributed by atoms with Crippen molar-refractivity contribution in [3.63, 3.8) is 0 Å². The predicted octanol–water partition coefficient (Wildman–Crippen LogP) is 3.59. The van der Waals surface area contributed by atoms with Gasteiger partial charge in [0.2, 0.25) is 0 Å². The van der Waals surface area contributed by atoms with E-state index in [2.05, 4.69) is 12.2 Å². The van der Waals surface area contributed by atoms with E-state index in [4.69, 9.17) is 14.6 Å². The van der Waals surface area contributed by atoms with Crippen molar-refractivity contribution in [3.05, 3.63) is 59.2 Å². The Kier molecular flexibility index (Phi) is 4.82. The van der Waals surface area contributed by atoms with Crippen LogP contribution in [0.5, 0.6) is 5.75 Å². The summed E-state index contributed by atoms with van der Waals surface area (Å²) in [5.41, 5.74) is 9.12. The molecular weight excluding hydrogens is 266 g/mol. The Morgan fingerprint density at radius 1 is 1.25 bits per heavy atom. The first-order chi connectivity index (χ1) is 9.56. The minimum Gasteiger partial charge on any atom is -0.543 e. The molecule has 2 rings (SSSR count). The van der Waals surface area contributed by atoms with Crippen LogP contribution in [0.2, 0.25) is 6.55 Å². The summed E-state index contributed by atoms with van der Waals surface area (Å²) < 4.78 is 11.6. The van der Waals surface area contributed by atoms with Gasteiger partial charge in [-0.05, 0) is 44.7 Å². The lowest BCUT2D eigenvalue weighted by Gasteiger charge is -2.16. The van der Waals surface area contributed by atoms with Gasteiger partial charge >= 0.3 is 0 Å². The fourth-order valence-electron chi connectivity index (χ4n) is 1.98. The van der Waals surface area contributed by atoms with E-state index in [9.17, 15) is 0 Å². The van der Waals surface area contributed by atoms with Crippen molar-refractivity contribution in [3.8, 4) is 5.75 Å². The van der Waals surface area contributed by atoms with Gasteiger partial charge in [-0.2, -0.15) is 0 Å². The van der Waals surface area contributed by atoms with Crippen LogP contribution in [0.15, 0.2) is 46.5 Å². The van der Waals surface area contributed by atoms with Crippen molar-refractivity contribution in [2.45, 2.75) is 26.4 Å². The highest BCUT2D eigenvalue weighted by Gasteiger charge is 2.10. The summed E-state index contributed by atoms with van der Waals surface area (Å²) in [7, 11) is -1.45. The van der Waals surface area contributed by atoms with Crippen LogP contribution in [0.4, 0.5) is 0 Å². The highest BCUT2D eigenvalue weighted by Crippen LogP contribution is 2.24. The Labute approximate surface area is 121 Å². The van der Waals surface area contributed by atoms with E-state index in [1.807, 2.05) is 56.3 Å². The largest absolute Gasteiger partial charge is 0.543 e. The van der Waals surface area contributed by atoms with Gasteiger partial charge in [-0.15, -0.1) is 0 Å². The lowest BCUT2D eigenvalue weighted by Crippen LogP contribution is -2.17. The maximum atomic E-state index is 6.07. The minimum atomic E-state index is -1.45. The molecule has 2 N–H and O–H groups in total. The number of hydrogen-bond donors (Lipinski definition) is 1. The Balaban J connectivity index is 2.04. The molecule has 2 unspecified atom stereocenters. The second-order valence-corrected chi connectivity index (χ2v) is 6.99. The Bertz CT molecular complexity index is 590. The van der Waals surface area contributed by atoms with Crippen molar-refractivity contribution < 1.29 is 8.84 Å². The summed E-state index contributed by atoms with van der Waals surface area (Å²) in [5.74, 6) is 2.68. The molecule has 0 bridgehead atoms. The molecule has 0 aliphatic heterocycles. The molecule has 0 spiro atoms. The molecule has 0 radical (unpaired) electrons. The van der Waals surface area contributed by atoms with Crippen LogP contribution in [0.25, 0.3) is 6.08 Å². The van der Waals surface area contributed by atoms with E-state index in [-0.39, 0.29) is 6.04 Å². The lowest BCUT2D eigenvalue weighted by atomic mass is 10.1. The normalized spacial score (nSPS) is 14.4. The molecule has 0 aliphatic carbocycles. The van der Waals surface area contributed by atoms with Crippen LogP contribution in [0, 0.1) is 6.92 Å². The first kappa shape index (κ1) is 14.6. The maximum Gasteiger partial charge on any atom is 0.257 e. The molecule has 0 saturated heterocycles. The molecule has 3 nitrogen and oxygen atoms in total. The summed E-state index contributed by atoms with van der Waals surface area (Å²) in [5, 5.41) is 0. The van der Waals surface area contributed by atoms with E-state index in [0.29, 0.717) is 0 Å².